The van der Waals surface area contributed by atoms with Gasteiger partial charge in [0.25, 0.3) is 0 Å². The Kier molecular flexibility index (Phi) is 3.60. The predicted molar refractivity (Wildman–Crippen MR) is 57.2 cm³/mol. The van der Waals surface area contributed by atoms with E-state index >= 15 is 0 Å². The minimum absolute atomic E-state index is 0.232. The van der Waals surface area contributed by atoms with Crippen LogP contribution in [0.4, 0.5) is 0 Å². The van der Waals surface area contributed by atoms with E-state index in [1.165, 1.54) is 0 Å². The van der Waals surface area contributed by atoms with Crippen LogP contribution < -0.4 is 5.32 Å². The van der Waals surface area contributed by atoms with Gasteiger partial charge in [-0.25, -0.2) is 8.42 Å². The Balaban J connectivity index is 2.03. The first-order valence-corrected chi connectivity index (χ1v) is 6.99. The van der Waals surface area contributed by atoms with E-state index in [0.717, 1.165) is 19.4 Å². The van der Waals surface area contributed by atoms with Crippen LogP contribution in [0.1, 0.15) is 12.8 Å². The first-order chi connectivity index (χ1) is 7.21. The van der Waals surface area contributed by atoms with Crippen LogP contribution in [0, 0.1) is 0 Å². The summed E-state index contributed by atoms with van der Waals surface area (Å²) in [6, 6.07) is 0. The van der Waals surface area contributed by atoms with Gasteiger partial charge in [-0.05, 0) is 19.4 Å². The van der Waals surface area contributed by atoms with E-state index in [-0.39, 0.29) is 5.25 Å². The third kappa shape index (κ3) is 2.50. The molecule has 0 saturated carbocycles. The van der Waals surface area contributed by atoms with Crippen LogP contribution in [0.25, 0.3) is 0 Å². The van der Waals surface area contributed by atoms with Crippen molar-refractivity contribution in [2.24, 2.45) is 0 Å². The molecule has 2 saturated heterocycles. The van der Waals surface area contributed by atoms with Gasteiger partial charge >= 0.3 is 0 Å². The van der Waals surface area contributed by atoms with Crippen LogP contribution >= 0.6 is 0 Å². The zero-order valence-electron chi connectivity index (χ0n) is 8.81. The van der Waals surface area contributed by atoms with Gasteiger partial charge in [-0.1, -0.05) is 0 Å². The van der Waals surface area contributed by atoms with Crippen LogP contribution in [-0.2, 0) is 14.8 Å². The Morgan fingerprint density at radius 1 is 1.27 bits per heavy atom. The molecule has 0 amide bonds. The molecule has 0 unspecified atom stereocenters. The van der Waals surface area contributed by atoms with E-state index in [2.05, 4.69) is 5.32 Å². The molecule has 0 spiro atoms. The average Bonchev–Trinajstić information content (AvgIpc) is 2.31. The van der Waals surface area contributed by atoms with Gasteiger partial charge in [-0.15, -0.1) is 0 Å². The van der Waals surface area contributed by atoms with Crippen LogP contribution in [0.2, 0.25) is 0 Å². The zero-order valence-corrected chi connectivity index (χ0v) is 9.63. The molecule has 0 aromatic heterocycles. The predicted octanol–water partition coefficient (Wildman–Crippen LogP) is -0.600. The van der Waals surface area contributed by atoms with Crippen LogP contribution in [-0.4, -0.2) is 57.4 Å². The molecule has 1 N–H and O–H groups in total. The van der Waals surface area contributed by atoms with Gasteiger partial charge in [-0.2, -0.15) is 4.31 Å². The summed E-state index contributed by atoms with van der Waals surface area (Å²) in [6.07, 6.45) is 1.74. The van der Waals surface area contributed by atoms with Crippen molar-refractivity contribution in [2.75, 3.05) is 39.4 Å². The SMILES string of the molecule is O=S(=O)([C@H]1CCCNC1)N1CCOCC1. The number of nitrogens with zero attached hydrogens (tertiary/aromatic N) is 1. The highest BCUT2D eigenvalue weighted by atomic mass is 32.2. The van der Waals surface area contributed by atoms with Crippen molar-refractivity contribution in [3.63, 3.8) is 0 Å². The lowest BCUT2D eigenvalue weighted by molar-refractivity contribution is 0.0724. The maximum atomic E-state index is 12.2. The summed E-state index contributed by atoms with van der Waals surface area (Å²) >= 11 is 0. The topological polar surface area (TPSA) is 58.6 Å². The van der Waals surface area contributed by atoms with E-state index in [4.69, 9.17) is 4.74 Å². The molecule has 2 rings (SSSR count). The number of piperidine rings is 1. The second kappa shape index (κ2) is 4.78. The van der Waals surface area contributed by atoms with E-state index in [9.17, 15) is 8.42 Å². The summed E-state index contributed by atoms with van der Waals surface area (Å²) in [7, 11) is -3.09. The lowest BCUT2D eigenvalue weighted by Gasteiger charge is -2.32. The smallest absolute Gasteiger partial charge is 0.218 e. The summed E-state index contributed by atoms with van der Waals surface area (Å²) in [5, 5.41) is 2.91. The molecule has 0 bridgehead atoms. The van der Waals surface area contributed by atoms with Crippen molar-refractivity contribution in [3.05, 3.63) is 0 Å². The molecule has 2 aliphatic heterocycles. The highest BCUT2D eigenvalue weighted by Crippen LogP contribution is 2.17. The van der Waals surface area contributed by atoms with Gasteiger partial charge in [0.1, 0.15) is 0 Å². The van der Waals surface area contributed by atoms with E-state index < -0.39 is 10.0 Å². The molecular formula is C9H18N2O3S. The maximum absolute atomic E-state index is 12.2. The number of ether oxygens (including phenoxy) is 1. The molecule has 6 heteroatoms. The number of rotatable bonds is 2. The maximum Gasteiger partial charge on any atom is 0.218 e. The van der Waals surface area contributed by atoms with E-state index in [1.54, 1.807) is 4.31 Å². The third-order valence-corrected chi connectivity index (χ3v) is 5.33. The molecule has 2 aliphatic rings. The number of nitrogens with one attached hydrogen (secondary N) is 1. The van der Waals surface area contributed by atoms with Crippen molar-refractivity contribution in [1.29, 1.82) is 0 Å². The Labute approximate surface area is 90.8 Å². The lowest BCUT2D eigenvalue weighted by Crippen LogP contribution is -2.49. The molecule has 0 radical (unpaired) electrons. The fraction of sp³-hybridized carbons (Fsp3) is 1.00. The second-order valence-electron chi connectivity index (χ2n) is 4.02. The standard InChI is InChI=1S/C9H18N2O3S/c12-15(13,9-2-1-3-10-8-9)11-4-6-14-7-5-11/h9-10H,1-8H2/t9-/m0/s1. The second-order valence-corrected chi connectivity index (χ2v) is 6.24. The fourth-order valence-corrected chi connectivity index (χ4v) is 3.96. The van der Waals surface area contributed by atoms with Crippen LogP contribution in [0.3, 0.4) is 0 Å². The summed E-state index contributed by atoms with van der Waals surface area (Å²) in [5.41, 5.74) is 0. The molecule has 88 valence electrons. The van der Waals surface area contributed by atoms with Gasteiger partial charge in [0.05, 0.1) is 18.5 Å². The molecule has 0 aliphatic carbocycles. The van der Waals surface area contributed by atoms with Crippen molar-refractivity contribution >= 4 is 10.0 Å². The number of sulfonamides is 1. The van der Waals surface area contributed by atoms with Crippen molar-refractivity contribution in [2.45, 2.75) is 18.1 Å². The molecule has 2 heterocycles. The number of morpholine rings is 1. The Morgan fingerprint density at radius 2 is 2.00 bits per heavy atom. The van der Waals surface area contributed by atoms with Gasteiger partial charge in [0, 0.05) is 19.6 Å². The molecule has 5 nitrogen and oxygen atoms in total. The molecule has 15 heavy (non-hydrogen) atoms. The minimum Gasteiger partial charge on any atom is -0.379 e. The highest BCUT2D eigenvalue weighted by Gasteiger charge is 2.33. The average molecular weight is 234 g/mol. The molecule has 1 atom stereocenters. The molecule has 0 aromatic carbocycles. The summed E-state index contributed by atoms with van der Waals surface area (Å²) < 4.78 is 31.1. The van der Waals surface area contributed by atoms with E-state index in [0.29, 0.717) is 32.8 Å². The zero-order chi connectivity index (χ0) is 10.7. The van der Waals surface area contributed by atoms with Gasteiger partial charge < -0.3 is 10.1 Å². The van der Waals surface area contributed by atoms with Gasteiger partial charge in [0.15, 0.2) is 0 Å². The normalized spacial score (nSPS) is 30.3. The quantitative estimate of drug-likeness (QED) is 0.693. The Bertz CT molecular complexity index is 268. The largest absolute Gasteiger partial charge is 0.379 e. The molecular weight excluding hydrogens is 216 g/mol. The number of hydrogen-bond acceptors (Lipinski definition) is 4. The summed E-state index contributed by atoms with van der Waals surface area (Å²) in [4.78, 5) is 0. The Morgan fingerprint density at radius 3 is 2.60 bits per heavy atom. The first kappa shape index (κ1) is 11.3. The van der Waals surface area contributed by atoms with E-state index in [1.807, 2.05) is 0 Å². The van der Waals surface area contributed by atoms with Gasteiger partial charge in [0.2, 0.25) is 10.0 Å². The lowest BCUT2D eigenvalue weighted by atomic mass is 10.2. The van der Waals surface area contributed by atoms with Crippen molar-refractivity contribution in [3.8, 4) is 0 Å². The fourth-order valence-electron chi connectivity index (χ4n) is 2.09. The third-order valence-electron chi connectivity index (χ3n) is 3.00. The van der Waals surface area contributed by atoms with Crippen LogP contribution in [0.15, 0.2) is 0 Å². The molecule has 2 fully saturated rings. The van der Waals surface area contributed by atoms with Crippen molar-refractivity contribution in [1.82, 2.24) is 9.62 Å². The minimum atomic E-state index is -3.09. The van der Waals surface area contributed by atoms with Crippen molar-refractivity contribution < 1.29 is 13.2 Å². The summed E-state index contributed by atoms with van der Waals surface area (Å²) in [5.74, 6) is 0. The monoisotopic (exact) mass is 234 g/mol. The number of hydrogen-bond donors (Lipinski definition) is 1. The molecule has 0 aromatic rings. The highest BCUT2D eigenvalue weighted by molar-refractivity contribution is 7.89. The Hall–Kier alpha value is -0.170. The first-order valence-electron chi connectivity index (χ1n) is 5.49. The van der Waals surface area contributed by atoms with Crippen LogP contribution in [0.5, 0.6) is 0 Å². The summed E-state index contributed by atoms with van der Waals surface area (Å²) in [6.45, 7) is 3.62. The van der Waals surface area contributed by atoms with Gasteiger partial charge in [-0.3, -0.25) is 0 Å².